The molecule has 0 amide bonds. The van der Waals surface area contributed by atoms with Gasteiger partial charge in [0.25, 0.3) is 0 Å². The van der Waals surface area contributed by atoms with Gasteiger partial charge in [0.05, 0.1) is 0 Å². The molecule has 0 radical (unpaired) electrons. The molecule has 1 fully saturated rings. The van der Waals surface area contributed by atoms with Gasteiger partial charge in [0.2, 0.25) is 0 Å². The first-order valence-corrected chi connectivity index (χ1v) is 6.36. The molecule has 0 nitrogen and oxygen atoms in total. The van der Waals surface area contributed by atoms with Crippen LogP contribution in [0.4, 0.5) is 0 Å². The molecule has 0 aliphatic carbocycles. The van der Waals surface area contributed by atoms with Crippen molar-refractivity contribution in [2.45, 2.75) is 27.7 Å². The number of hydrogen-bond donors (Lipinski definition) is 0. The average Bonchev–Trinajstić information content (AvgIpc) is 2.52. The molecule has 1 aliphatic heterocycles. The second-order valence-electron chi connectivity index (χ2n) is 5.08. The maximum Gasteiger partial charge on any atom is -0.00279 e. The summed E-state index contributed by atoms with van der Waals surface area (Å²) < 4.78 is 0. The highest BCUT2D eigenvalue weighted by molar-refractivity contribution is 7.99. The summed E-state index contributed by atoms with van der Waals surface area (Å²) in [5.41, 5.74) is 0.318. The van der Waals surface area contributed by atoms with E-state index in [0.717, 1.165) is 17.8 Å². The Balaban J connectivity index is 2.73. The van der Waals surface area contributed by atoms with E-state index in [1.54, 1.807) is 0 Å². The first kappa shape index (κ1) is 11.2. The molecule has 0 aromatic rings. The highest BCUT2D eigenvalue weighted by atomic mass is 32.2. The molecular formula is C12H22S. The molecule has 13 heavy (non-hydrogen) atoms. The Labute approximate surface area is 87.2 Å². The fourth-order valence-electron chi connectivity index (χ4n) is 2.15. The summed E-state index contributed by atoms with van der Waals surface area (Å²) in [6.07, 6.45) is 2.14. The topological polar surface area (TPSA) is 0 Å². The second kappa shape index (κ2) is 4.08. The lowest BCUT2D eigenvalue weighted by atomic mass is 9.70. The van der Waals surface area contributed by atoms with Crippen LogP contribution in [-0.2, 0) is 0 Å². The summed E-state index contributed by atoms with van der Waals surface area (Å²) in [6, 6.07) is 0. The molecule has 0 aromatic carbocycles. The Kier molecular flexibility index (Phi) is 3.50. The van der Waals surface area contributed by atoms with Crippen LogP contribution < -0.4 is 0 Å². The van der Waals surface area contributed by atoms with Crippen molar-refractivity contribution in [2.75, 3.05) is 11.5 Å². The first-order chi connectivity index (χ1) is 5.99. The maximum absolute atomic E-state index is 3.96. The van der Waals surface area contributed by atoms with E-state index in [2.05, 4.69) is 52.1 Å². The summed E-state index contributed by atoms with van der Waals surface area (Å²) in [5, 5.41) is 0. The molecule has 1 heterocycles. The smallest absolute Gasteiger partial charge is 0.00279 e. The molecular weight excluding hydrogens is 176 g/mol. The predicted octanol–water partition coefficient (Wildman–Crippen LogP) is 3.83. The molecule has 0 aromatic heterocycles. The lowest BCUT2D eigenvalue weighted by molar-refractivity contribution is 0.198. The first-order valence-electron chi connectivity index (χ1n) is 5.20. The molecule has 1 saturated heterocycles. The standard InChI is InChI=1S/C12H22S/c1-6-12(4,5)11-8-13-7-10(11)9(2)3/h6,9-11H,1,7-8H2,2-5H3. The average molecular weight is 198 g/mol. The lowest BCUT2D eigenvalue weighted by Gasteiger charge is -2.34. The van der Waals surface area contributed by atoms with Gasteiger partial charge in [0.15, 0.2) is 0 Å². The van der Waals surface area contributed by atoms with E-state index < -0.39 is 0 Å². The number of thioether (sulfide) groups is 1. The van der Waals surface area contributed by atoms with E-state index in [4.69, 9.17) is 0 Å². The van der Waals surface area contributed by atoms with Crippen LogP contribution in [0.25, 0.3) is 0 Å². The van der Waals surface area contributed by atoms with E-state index in [1.807, 2.05) is 0 Å². The minimum absolute atomic E-state index is 0.318. The minimum Gasteiger partial charge on any atom is -0.161 e. The van der Waals surface area contributed by atoms with Crippen LogP contribution >= 0.6 is 11.8 Å². The normalized spacial score (nSPS) is 29.6. The van der Waals surface area contributed by atoms with Gasteiger partial charge in [-0.25, -0.2) is 0 Å². The monoisotopic (exact) mass is 198 g/mol. The van der Waals surface area contributed by atoms with Gasteiger partial charge in [-0.15, -0.1) is 6.58 Å². The van der Waals surface area contributed by atoms with E-state index in [9.17, 15) is 0 Å². The Hall–Kier alpha value is 0.0900. The lowest BCUT2D eigenvalue weighted by Crippen LogP contribution is -2.30. The van der Waals surface area contributed by atoms with E-state index in [1.165, 1.54) is 11.5 Å². The van der Waals surface area contributed by atoms with Crippen molar-refractivity contribution in [3.63, 3.8) is 0 Å². The summed E-state index contributed by atoms with van der Waals surface area (Å²) in [4.78, 5) is 0. The van der Waals surface area contributed by atoms with Gasteiger partial charge >= 0.3 is 0 Å². The summed E-state index contributed by atoms with van der Waals surface area (Å²) in [5.74, 6) is 5.20. The molecule has 0 bridgehead atoms. The highest BCUT2D eigenvalue weighted by Crippen LogP contribution is 2.45. The third kappa shape index (κ3) is 2.31. The molecule has 1 aliphatic rings. The molecule has 0 saturated carbocycles. The van der Waals surface area contributed by atoms with Crippen molar-refractivity contribution in [2.24, 2.45) is 23.2 Å². The number of allylic oxidation sites excluding steroid dienone is 1. The van der Waals surface area contributed by atoms with Crippen molar-refractivity contribution in [3.8, 4) is 0 Å². The molecule has 76 valence electrons. The maximum atomic E-state index is 3.96. The van der Waals surface area contributed by atoms with Gasteiger partial charge in [0.1, 0.15) is 0 Å². The van der Waals surface area contributed by atoms with Crippen LogP contribution in [0.15, 0.2) is 12.7 Å². The molecule has 0 N–H and O–H groups in total. The van der Waals surface area contributed by atoms with Crippen LogP contribution in [0.5, 0.6) is 0 Å². The molecule has 1 rings (SSSR count). The van der Waals surface area contributed by atoms with Crippen molar-refractivity contribution >= 4 is 11.8 Å². The zero-order chi connectivity index (χ0) is 10.1. The van der Waals surface area contributed by atoms with Gasteiger partial charge < -0.3 is 0 Å². The molecule has 2 unspecified atom stereocenters. The van der Waals surface area contributed by atoms with Crippen molar-refractivity contribution in [1.29, 1.82) is 0 Å². The quantitative estimate of drug-likeness (QED) is 0.621. The van der Waals surface area contributed by atoms with Gasteiger partial charge in [-0.05, 0) is 34.7 Å². The van der Waals surface area contributed by atoms with Crippen LogP contribution in [0, 0.1) is 23.2 Å². The van der Waals surface area contributed by atoms with Crippen molar-refractivity contribution < 1.29 is 0 Å². The third-order valence-electron chi connectivity index (χ3n) is 3.46. The van der Waals surface area contributed by atoms with Gasteiger partial charge in [-0.2, -0.15) is 11.8 Å². The van der Waals surface area contributed by atoms with Crippen LogP contribution in [0.1, 0.15) is 27.7 Å². The van der Waals surface area contributed by atoms with E-state index in [0.29, 0.717) is 5.41 Å². The molecule has 0 spiro atoms. The van der Waals surface area contributed by atoms with Crippen molar-refractivity contribution in [3.05, 3.63) is 12.7 Å². The zero-order valence-corrected chi connectivity index (χ0v) is 10.2. The van der Waals surface area contributed by atoms with Crippen LogP contribution in [0.3, 0.4) is 0 Å². The van der Waals surface area contributed by atoms with Crippen LogP contribution in [0.2, 0.25) is 0 Å². The van der Waals surface area contributed by atoms with Crippen molar-refractivity contribution in [1.82, 2.24) is 0 Å². The largest absolute Gasteiger partial charge is 0.161 e. The summed E-state index contributed by atoms with van der Waals surface area (Å²) in [7, 11) is 0. The van der Waals surface area contributed by atoms with Gasteiger partial charge in [0, 0.05) is 0 Å². The number of rotatable bonds is 3. The summed E-state index contributed by atoms with van der Waals surface area (Å²) >= 11 is 2.11. The minimum atomic E-state index is 0.318. The highest BCUT2D eigenvalue weighted by Gasteiger charge is 2.38. The predicted molar refractivity (Wildman–Crippen MR) is 63.1 cm³/mol. The third-order valence-corrected chi connectivity index (χ3v) is 4.68. The Morgan fingerprint density at radius 1 is 1.38 bits per heavy atom. The number of hydrogen-bond acceptors (Lipinski definition) is 1. The zero-order valence-electron chi connectivity index (χ0n) is 9.34. The molecule has 1 heteroatoms. The van der Waals surface area contributed by atoms with Gasteiger partial charge in [-0.3, -0.25) is 0 Å². The van der Waals surface area contributed by atoms with Gasteiger partial charge in [-0.1, -0.05) is 33.8 Å². The summed E-state index contributed by atoms with van der Waals surface area (Å²) in [6.45, 7) is 13.3. The van der Waals surface area contributed by atoms with E-state index >= 15 is 0 Å². The second-order valence-corrected chi connectivity index (χ2v) is 6.15. The Bertz CT molecular complexity index is 182. The Morgan fingerprint density at radius 2 is 2.00 bits per heavy atom. The Morgan fingerprint density at radius 3 is 2.46 bits per heavy atom. The van der Waals surface area contributed by atoms with E-state index in [-0.39, 0.29) is 0 Å². The SMILES string of the molecule is C=CC(C)(C)C1CSCC1C(C)C. The molecule has 2 atom stereocenters. The van der Waals surface area contributed by atoms with Crippen LogP contribution in [-0.4, -0.2) is 11.5 Å². The fourth-order valence-corrected chi connectivity index (χ4v) is 4.10. The fraction of sp³-hybridized carbons (Fsp3) is 0.833.